The van der Waals surface area contributed by atoms with Crippen LogP contribution in [0.2, 0.25) is 0 Å². The summed E-state index contributed by atoms with van der Waals surface area (Å²) in [4.78, 5) is 10.8. The highest BCUT2D eigenvalue weighted by Crippen LogP contribution is 2.20. The molecule has 88 valence electrons. The molecule has 3 heteroatoms. The summed E-state index contributed by atoms with van der Waals surface area (Å²) in [6.45, 7) is 7.65. The summed E-state index contributed by atoms with van der Waals surface area (Å²) in [5, 5.41) is 0.148. The van der Waals surface area contributed by atoms with Crippen LogP contribution in [0.15, 0.2) is 24.3 Å². The standard InChI is InChI=1S/C13H18O2S/c1-10(14)16-9-11-5-7-12(8-6-11)15-13(2,3)4/h5-8H,9H2,1-4H3. The van der Waals surface area contributed by atoms with Gasteiger partial charge in [0, 0.05) is 12.7 Å². The maximum atomic E-state index is 10.8. The molecule has 0 amide bonds. The average molecular weight is 238 g/mol. The van der Waals surface area contributed by atoms with Crippen molar-refractivity contribution in [3.05, 3.63) is 29.8 Å². The molecule has 0 atom stereocenters. The molecule has 1 rings (SSSR count). The van der Waals surface area contributed by atoms with E-state index in [0.29, 0.717) is 0 Å². The molecule has 0 aliphatic rings. The van der Waals surface area contributed by atoms with Crippen LogP contribution in [0, 0.1) is 0 Å². The Morgan fingerprint density at radius 2 is 1.81 bits per heavy atom. The number of hydrogen-bond acceptors (Lipinski definition) is 3. The van der Waals surface area contributed by atoms with Gasteiger partial charge < -0.3 is 4.74 Å². The predicted octanol–water partition coefficient (Wildman–Crippen LogP) is 3.64. The molecule has 2 nitrogen and oxygen atoms in total. The normalized spacial score (nSPS) is 11.2. The summed E-state index contributed by atoms with van der Waals surface area (Å²) >= 11 is 1.32. The highest BCUT2D eigenvalue weighted by atomic mass is 32.2. The van der Waals surface area contributed by atoms with Crippen LogP contribution in [0.3, 0.4) is 0 Å². The van der Waals surface area contributed by atoms with E-state index in [1.165, 1.54) is 11.8 Å². The van der Waals surface area contributed by atoms with Gasteiger partial charge in [-0.1, -0.05) is 23.9 Å². The van der Waals surface area contributed by atoms with Crippen molar-refractivity contribution in [1.29, 1.82) is 0 Å². The predicted molar refractivity (Wildman–Crippen MR) is 68.8 cm³/mol. The van der Waals surface area contributed by atoms with Crippen molar-refractivity contribution in [3.8, 4) is 5.75 Å². The van der Waals surface area contributed by atoms with Gasteiger partial charge in [-0.15, -0.1) is 0 Å². The second-order valence-electron chi connectivity index (χ2n) is 4.64. The monoisotopic (exact) mass is 238 g/mol. The zero-order valence-electron chi connectivity index (χ0n) is 10.2. The summed E-state index contributed by atoms with van der Waals surface area (Å²) in [6, 6.07) is 7.89. The maximum Gasteiger partial charge on any atom is 0.186 e. The lowest BCUT2D eigenvalue weighted by Crippen LogP contribution is -2.22. The minimum absolute atomic E-state index is 0.148. The first-order valence-corrected chi connectivity index (χ1v) is 6.27. The molecule has 0 heterocycles. The highest BCUT2D eigenvalue weighted by molar-refractivity contribution is 8.12. The van der Waals surface area contributed by atoms with Crippen LogP contribution in [0.4, 0.5) is 0 Å². The van der Waals surface area contributed by atoms with E-state index < -0.39 is 0 Å². The topological polar surface area (TPSA) is 26.3 Å². The van der Waals surface area contributed by atoms with Gasteiger partial charge >= 0.3 is 0 Å². The van der Waals surface area contributed by atoms with Crippen molar-refractivity contribution in [3.63, 3.8) is 0 Å². The minimum atomic E-state index is -0.171. The van der Waals surface area contributed by atoms with Crippen molar-refractivity contribution in [2.45, 2.75) is 39.0 Å². The van der Waals surface area contributed by atoms with Crippen LogP contribution in [0.1, 0.15) is 33.3 Å². The lowest BCUT2D eigenvalue weighted by molar-refractivity contribution is -0.109. The molecule has 0 bridgehead atoms. The number of carbonyl (C=O) groups is 1. The number of carbonyl (C=O) groups excluding carboxylic acids is 1. The lowest BCUT2D eigenvalue weighted by atomic mass is 10.2. The molecule has 0 unspecified atom stereocenters. The van der Waals surface area contributed by atoms with Gasteiger partial charge in [-0.2, -0.15) is 0 Å². The minimum Gasteiger partial charge on any atom is -0.488 e. The first-order valence-electron chi connectivity index (χ1n) is 5.28. The summed E-state index contributed by atoms with van der Waals surface area (Å²) in [5.41, 5.74) is 0.969. The fourth-order valence-corrected chi connectivity index (χ4v) is 1.75. The Kier molecular flexibility index (Phi) is 4.42. The fourth-order valence-electron chi connectivity index (χ4n) is 1.19. The molecule has 0 saturated heterocycles. The third-order valence-corrected chi connectivity index (χ3v) is 2.67. The van der Waals surface area contributed by atoms with E-state index in [-0.39, 0.29) is 10.7 Å². The first-order chi connectivity index (χ1) is 7.37. The Balaban J connectivity index is 2.57. The molecule has 0 aromatic heterocycles. The number of benzene rings is 1. The second-order valence-corrected chi connectivity index (χ2v) is 5.79. The molecular weight excluding hydrogens is 220 g/mol. The zero-order chi connectivity index (χ0) is 12.2. The Morgan fingerprint density at radius 3 is 2.25 bits per heavy atom. The second kappa shape index (κ2) is 5.39. The molecule has 1 aromatic carbocycles. The van der Waals surface area contributed by atoms with Crippen LogP contribution in [-0.2, 0) is 10.5 Å². The molecule has 0 radical (unpaired) electrons. The number of hydrogen-bond donors (Lipinski definition) is 0. The SMILES string of the molecule is CC(=O)SCc1ccc(OC(C)(C)C)cc1. The Hall–Kier alpha value is -0.960. The third-order valence-electron chi connectivity index (χ3n) is 1.79. The zero-order valence-corrected chi connectivity index (χ0v) is 11.1. The molecule has 0 aliphatic heterocycles. The quantitative estimate of drug-likeness (QED) is 0.804. The summed E-state index contributed by atoms with van der Waals surface area (Å²) in [6.07, 6.45) is 0. The van der Waals surface area contributed by atoms with E-state index in [1.807, 2.05) is 45.0 Å². The Morgan fingerprint density at radius 1 is 1.25 bits per heavy atom. The van der Waals surface area contributed by atoms with Crippen LogP contribution in [0.25, 0.3) is 0 Å². The third kappa shape index (κ3) is 5.21. The summed E-state index contributed by atoms with van der Waals surface area (Å²) < 4.78 is 5.71. The number of ether oxygens (including phenoxy) is 1. The molecule has 16 heavy (non-hydrogen) atoms. The van der Waals surface area contributed by atoms with Gasteiger partial charge in [-0.25, -0.2) is 0 Å². The van der Waals surface area contributed by atoms with Gasteiger partial charge in [0.15, 0.2) is 5.12 Å². The lowest BCUT2D eigenvalue weighted by Gasteiger charge is -2.21. The van der Waals surface area contributed by atoms with Gasteiger partial charge in [0.2, 0.25) is 0 Å². The van der Waals surface area contributed by atoms with E-state index in [2.05, 4.69) is 0 Å². The van der Waals surface area contributed by atoms with Crippen LogP contribution in [0.5, 0.6) is 5.75 Å². The molecule has 0 spiro atoms. The molecular formula is C13H18O2S. The maximum absolute atomic E-state index is 10.8. The molecule has 0 saturated carbocycles. The Bertz CT molecular complexity index is 349. The van der Waals surface area contributed by atoms with E-state index in [9.17, 15) is 4.79 Å². The van der Waals surface area contributed by atoms with Gasteiger partial charge in [-0.05, 0) is 38.5 Å². The largest absolute Gasteiger partial charge is 0.488 e. The van der Waals surface area contributed by atoms with Crippen molar-refractivity contribution >= 4 is 16.9 Å². The van der Waals surface area contributed by atoms with Crippen molar-refractivity contribution in [2.75, 3.05) is 0 Å². The van der Waals surface area contributed by atoms with Crippen LogP contribution >= 0.6 is 11.8 Å². The van der Waals surface area contributed by atoms with Crippen molar-refractivity contribution in [2.24, 2.45) is 0 Å². The van der Waals surface area contributed by atoms with Gasteiger partial charge in [0.1, 0.15) is 11.4 Å². The average Bonchev–Trinajstić information content (AvgIpc) is 2.14. The van der Waals surface area contributed by atoms with E-state index >= 15 is 0 Å². The number of thioether (sulfide) groups is 1. The van der Waals surface area contributed by atoms with E-state index in [0.717, 1.165) is 17.1 Å². The van der Waals surface area contributed by atoms with Crippen molar-refractivity contribution in [1.82, 2.24) is 0 Å². The van der Waals surface area contributed by atoms with E-state index in [4.69, 9.17) is 4.74 Å². The van der Waals surface area contributed by atoms with Gasteiger partial charge in [0.25, 0.3) is 0 Å². The van der Waals surface area contributed by atoms with E-state index in [1.54, 1.807) is 6.92 Å². The van der Waals surface area contributed by atoms with Gasteiger partial charge in [-0.3, -0.25) is 4.79 Å². The van der Waals surface area contributed by atoms with Gasteiger partial charge in [0.05, 0.1) is 0 Å². The smallest absolute Gasteiger partial charge is 0.186 e. The van der Waals surface area contributed by atoms with Crippen molar-refractivity contribution < 1.29 is 9.53 Å². The fraction of sp³-hybridized carbons (Fsp3) is 0.462. The van der Waals surface area contributed by atoms with Crippen LogP contribution in [-0.4, -0.2) is 10.7 Å². The summed E-state index contributed by atoms with van der Waals surface area (Å²) in [5.74, 6) is 1.59. The number of rotatable bonds is 3. The molecule has 0 fully saturated rings. The summed E-state index contributed by atoms with van der Waals surface area (Å²) in [7, 11) is 0. The molecule has 1 aromatic rings. The highest BCUT2D eigenvalue weighted by Gasteiger charge is 2.11. The molecule has 0 aliphatic carbocycles. The first kappa shape index (κ1) is 13.1. The Labute approximate surface area is 101 Å². The molecule has 0 N–H and O–H groups in total. The van der Waals surface area contributed by atoms with Crippen LogP contribution < -0.4 is 4.74 Å².